The zero-order valence-electron chi connectivity index (χ0n) is 15.4. The van der Waals surface area contributed by atoms with E-state index >= 15 is 0 Å². The summed E-state index contributed by atoms with van der Waals surface area (Å²) in [5.74, 6) is 1.71. The summed E-state index contributed by atoms with van der Waals surface area (Å²) in [5.41, 5.74) is 1.92. The van der Waals surface area contributed by atoms with Crippen molar-refractivity contribution in [1.29, 1.82) is 0 Å². The Labute approximate surface area is 154 Å². The average Bonchev–Trinajstić information content (AvgIpc) is 3.51. The van der Waals surface area contributed by atoms with Gasteiger partial charge in [-0.25, -0.2) is 0 Å². The summed E-state index contributed by atoms with van der Waals surface area (Å²) in [7, 11) is 3.35. The third kappa shape index (κ3) is 4.99. The second kappa shape index (κ2) is 8.72. The highest BCUT2D eigenvalue weighted by Crippen LogP contribution is 2.32. The van der Waals surface area contributed by atoms with Crippen molar-refractivity contribution in [2.45, 2.75) is 31.8 Å². The lowest BCUT2D eigenvalue weighted by molar-refractivity contribution is -0.116. The molecule has 0 heterocycles. The molecule has 1 amide bonds. The van der Waals surface area contributed by atoms with Crippen LogP contribution in [0.15, 0.2) is 48.5 Å². The first-order chi connectivity index (χ1) is 12.7. The number of carbonyl (C=O) groups excluding carboxylic acids is 1. The number of amides is 1. The van der Waals surface area contributed by atoms with E-state index in [-0.39, 0.29) is 5.91 Å². The molecule has 2 aromatic rings. The molecular weight excluding hydrogens is 328 g/mol. The Morgan fingerprint density at radius 1 is 1.12 bits per heavy atom. The molecule has 0 aromatic heterocycles. The Morgan fingerprint density at radius 3 is 2.54 bits per heavy atom. The highest BCUT2D eigenvalue weighted by atomic mass is 16.5. The van der Waals surface area contributed by atoms with Crippen molar-refractivity contribution in [3.63, 3.8) is 0 Å². The van der Waals surface area contributed by atoms with E-state index in [9.17, 15) is 4.79 Å². The third-order valence-electron chi connectivity index (χ3n) is 4.61. The highest BCUT2D eigenvalue weighted by molar-refractivity contribution is 5.90. The molecule has 1 aliphatic carbocycles. The number of benzene rings is 2. The average molecular weight is 354 g/mol. The van der Waals surface area contributed by atoms with Crippen molar-refractivity contribution in [2.24, 2.45) is 0 Å². The van der Waals surface area contributed by atoms with Gasteiger partial charge in [-0.1, -0.05) is 18.2 Å². The van der Waals surface area contributed by atoms with E-state index in [1.54, 1.807) is 14.2 Å². The molecule has 0 atom stereocenters. The summed E-state index contributed by atoms with van der Waals surface area (Å²) in [6.45, 7) is 1.48. The summed E-state index contributed by atoms with van der Waals surface area (Å²) < 4.78 is 10.8. The maximum Gasteiger partial charge on any atom is 0.225 e. The van der Waals surface area contributed by atoms with E-state index < -0.39 is 0 Å². The highest BCUT2D eigenvalue weighted by Gasteiger charge is 2.29. The molecule has 0 bridgehead atoms. The van der Waals surface area contributed by atoms with Crippen LogP contribution in [0.1, 0.15) is 24.8 Å². The van der Waals surface area contributed by atoms with Crippen LogP contribution >= 0.6 is 0 Å². The van der Waals surface area contributed by atoms with Gasteiger partial charge >= 0.3 is 0 Å². The molecule has 5 nitrogen and oxygen atoms in total. The predicted molar refractivity (Wildman–Crippen MR) is 103 cm³/mol. The molecule has 1 saturated carbocycles. The van der Waals surface area contributed by atoms with Crippen LogP contribution in [0.4, 0.5) is 5.69 Å². The van der Waals surface area contributed by atoms with Gasteiger partial charge in [0.05, 0.1) is 14.2 Å². The first-order valence-electron chi connectivity index (χ1n) is 8.99. The second-order valence-electron chi connectivity index (χ2n) is 6.54. The quantitative estimate of drug-likeness (QED) is 0.746. The fourth-order valence-corrected chi connectivity index (χ4v) is 3.04. The van der Waals surface area contributed by atoms with Gasteiger partial charge in [0.1, 0.15) is 11.5 Å². The summed E-state index contributed by atoms with van der Waals surface area (Å²) in [6, 6.07) is 16.0. The maximum absolute atomic E-state index is 12.3. The smallest absolute Gasteiger partial charge is 0.225 e. The maximum atomic E-state index is 12.3. The standard InChI is InChI=1S/C21H26N2O3/c1-25-19-10-11-20(26-2)16(14-19)15-23(18-8-9-18)13-12-21(24)22-17-6-4-3-5-7-17/h3-7,10-11,14,18H,8-9,12-13,15H2,1-2H3,(H,22,24). The van der Waals surface area contributed by atoms with Gasteiger partial charge in [-0.2, -0.15) is 0 Å². The molecule has 26 heavy (non-hydrogen) atoms. The van der Waals surface area contributed by atoms with E-state index in [0.29, 0.717) is 12.5 Å². The van der Waals surface area contributed by atoms with Gasteiger partial charge in [-0.05, 0) is 43.2 Å². The molecule has 1 fully saturated rings. The Hall–Kier alpha value is -2.53. The van der Waals surface area contributed by atoms with Crippen LogP contribution in [-0.2, 0) is 11.3 Å². The number of anilines is 1. The zero-order chi connectivity index (χ0) is 18.4. The van der Waals surface area contributed by atoms with Crippen molar-refractivity contribution >= 4 is 11.6 Å². The van der Waals surface area contributed by atoms with E-state index in [1.807, 2.05) is 48.5 Å². The minimum absolute atomic E-state index is 0.0412. The van der Waals surface area contributed by atoms with Crippen LogP contribution in [-0.4, -0.2) is 37.6 Å². The predicted octanol–water partition coefficient (Wildman–Crippen LogP) is 3.70. The molecule has 1 N–H and O–H groups in total. The lowest BCUT2D eigenvalue weighted by atomic mass is 10.1. The SMILES string of the molecule is COc1ccc(OC)c(CN(CCC(=O)Nc2ccccc2)C2CC2)c1. The van der Waals surface area contributed by atoms with E-state index in [0.717, 1.165) is 35.8 Å². The first-order valence-corrected chi connectivity index (χ1v) is 8.99. The third-order valence-corrected chi connectivity index (χ3v) is 4.61. The van der Waals surface area contributed by atoms with Crippen molar-refractivity contribution in [1.82, 2.24) is 4.90 Å². The number of nitrogens with one attached hydrogen (secondary N) is 1. The Balaban J connectivity index is 1.60. The largest absolute Gasteiger partial charge is 0.497 e. The normalized spacial score (nSPS) is 13.5. The number of nitrogens with zero attached hydrogens (tertiary/aromatic N) is 1. The molecule has 5 heteroatoms. The lowest BCUT2D eigenvalue weighted by Gasteiger charge is -2.23. The molecule has 0 radical (unpaired) electrons. The summed E-state index contributed by atoms with van der Waals surface area (Å²) >= 11 is 0. The Kier molecular flexibility index (Phi) is 6.12. The monoisotopic (exact) mass is 354 g/mol. The van der Waals surface area contributed by atoms with E-state index in [2.05, 4.69) is 10.2 Å². The van der Waals surface area contributed by atoms with E-state index in [4.69, 9.17) is 9.47 Å². The number of hydrogen-bond donors (Lipinski definition) is 1. The van der Waals surface area contributed by atoms with Crippen LogP contribution < -0.4 is 14.8 Å². The van der Waals surface area contributed by atoms with Gasteiger partial charge < -0.3 is 14.8 Å². The fraction of sp³-hybridized carbons (Fsp3) is 0.381. The fourth-order valence-electron chi connectivity index (χ4n) is 3.04. The number of rotatable bonds is 9. The summed E-state index contributed by atoms with van der Waals surface area (Å²) in [4.78, 5) is 14.6. The number of methoxy groups -OCH3 is 2. The topological polar surface area (TPSA) is 50.8 Å². The van der Waals surface area contributed by atoms with Gasteiger partial charge in [0.25, 0.3) is 0 Å². The van der Waals surface area contributed by atoms with Gasteiger partial charge in [-0.15, -0.1) is 0 Å². The van der Waals surface area contributed by atoms with Crippen molar-refractivity contribution in [3.05, 3.63) is 54.1 Å². The van der Waals surface area contributed by atoms with Crippen molar-refractivity contribution in [2.75, 3.05) is 26.1 Å². The molecule has 0 saturated heterocycles. The Morgan fingerprint density at radius 2 is 1.88 bits per heavy atom. The van der Waals surface area contributed by atoms with Crippen LogP contribution in [0, 0.1) is 0 Å². The second-order valence-corrected chi connectivity index (χ2v) is 6.54. The van der Waals surface area contributed by atoms with Gasteiger partial charge in [0.2, 0.25) is 5.91 Å². The number of carbonyl (C=O) groups is 1. The van der Waals surface area contributed by atoms with Crippen LogP contribution in [0.25, 0.3) is 0 Å². The van der Waals surface area contributed by atoms with Crippen molar-refractivity contribution < 1.29 is 14.3 Å². The molecule has 138 valence electrons. The van der Waals surface area contributed by atoms with Gasteiger partial charge in [0, 0.05) is 36.8 Å². The molecule has 2 aromatic carbocycles. The van der Waals surface area contributed by atoms with Crippen LogP contribution in [0.2, 0.25) is 0 Å². The number of ether oxygens (including phenoxy) is 2. The Bertz CT molecular complexity index is 729. The number of para-hydroxylation sites is 1. The van der Waals surface area contributed by atoms with Crippen LogP contribution in [0.3, 0.4) is 0 Å². The van der Waals surface area contributed by atoms with Gasteiger partial charge in [-0.3, -0.25) is 9.69 Å². The molecule has 0 aliphatic heterocycles. The van der Waals surface area contributed by atoms with Crippen LogP contribution in [0.5, 0.6) is 11.5 Å². The molecule has 3 rings (SSSR count). The zero-order valence-corrected chi connectivity index (χ0v) is 15.4. The molecule has 1 aliphatic rings. The summed E-state index contributed by atoms with van der Waals surface area (Å²) in [5, 5.41) is 2.95. The molecular formula is C21H26N2O3. The minimum Gasteiger partial charge on any atom is -0.497 e. The number of hydrogen-bond acceptors (Lipinski definition) is 4. The molecule has 0 spiro atoms. The summed E-state index contributed by atoms with van der Waals surface area (Å²) in [6.07, 6.45) is 2.84. The lowest BCUT2D eigenvalue weighted by Crippen LogP contribution is -2.29. The molecule has 0 unspecified atom stereocenters. The first kappa shape index (κ1) is 18.3. The minimum atomic E-state index is 0.0412. The van der Waals surface area contributed by atoms with E-state index in [1.165, 1.54) is 12.8 Å². The van der Waals surface area contributed by atoms with Gasteiger partial charge in [0.15, 0.2) is 0 Å². The van der Waals surface area contributed by atoms with Crippen molar-refractivity contribution in [3.8, 4) is 11.5 Å².